The summed E-state index contributed by atoms with van der Waals surface area (Å²) in [5.74, 6) is 0.450. The Kier molecular flexibility index (Phi) is 4.20. The minimum Gasteiger partial charge on any atom is -0.391 e. The van der Waals surface area contributed by atoms with Crippen LogP contribution in [0.25, 0.3) is 0 Å². The third kappa shape index (κ3) is 3.54. The van der Waals surface area contributed by atoms with E-state index in [2.05, 4.69) is 10.3 Å². The highest BCUT2D eigenvalue weighted by atomic mass is 16.3. The van der Waals surface area contributed by atoms with E-state index in [1.165, 1.54) is 0 Å². The molecule has 0 heterocycles. The molecule has 0 spiro atoms. The molecule has 4 N–H and O–H groups in total. The lowest BCUT2D eigenvalue weighted by Gasteiger charge is -2.24. The summed E-state index contributed by atoms with van der Waals surface area (Å²) in [6.07, 6.45) is 3.73. The molecule has 0 aromatic rings. The maximum atomic E-state index is 9.66. The van der Waals surface area contributed by atoms with Gasteiger partial charge in [-0.3, -0.25) is 0 Å². The fourth-order valence-electron chi connectivity index (χ4n) is 1.75. The van der Waals surface area contributed by atoms with Gasteiger partial charge in [-0.2, -0.15) is 0 Å². The zero-order valence-electron chi connectivity index (χ0n) is 9.03. The largest absolute Gasteiger partial charge is 0.391 e. The average Bonchev–Trinajstić information content (AvgIpc) is 2.07. The lowest BCUT2D eigenvalue weighted by Crippen LogP contribution is -2.40. The maximum Gasteiger partial charge on any atom is 0.189 e. The van der Waals surface area contributed by atoms with Crippen LogP contribution in [0.2, 0.25) is 0 Å². The van der Waals surface area contributed by atoms with Gasteiger partial charge < -0.3 is 16.2 Å². The zero-order valence-corrected chi connectivity index (χ0v) is 9.03. The van der Waals surface area contributed by atoms with Crippen molar-refractivity contribution < 1.29 is 5.11 Å². The summed E-state index contributed by atoms with van der Waals surface area (Å²) in [4.78, 5) is 4.29. The van der Waals surface area contributed by atoms with Crippen molar-refractivity contribution in [2.75, 3.05) is 0 Å². The molecule has 14 heavy (non-hydrogen) atoms. The van der Waals surface area contributed by atoms with Gasteiger partial charge in [0.2, 0.25) is 0 Å². The number of guanidine groups is 1. The summed E-state index contributed by atoms with van der Waals surface area (Å²) in [6, 6.07) is 0.287. The van der Waals surface area contributed by atoms with Gasteiger partial charge in [0.05, 0.1) is 12.1 Å². The summed E-state index contributed by atoms with van der Waals surface area (Å²) in [6.45, 7) is 4.03. The quantitative estimate of drug-likeness (QED) is 0.450. The van der Waals surface area contributed by atoms with Crippen molar-refractivity contribution in [1.82, 2.24) is 5.32 Å². The Bertz CT molecular complexity index is 204. The van der Waals surface area contributed by atoms with Gasteiger partial charge in [-0.05, 0) is 26.7 Å². The molecule has 1 aliphatic rings. The molecule has 82 valence electrons. The molecule has 0 aliphatic heterocycles. The average molecular weight is 199 g/mol. The van der Waals surface area contributed by atoms with Crippen molar-refractivity contribution in [2.24, 2.45) is 10.7 Å². The van der Waals surface area contributed by atoms with Crippen LogP contribution in [0.3, 0.4) is 0 Å². The summed E-state index contributed by atoms with van der Waals surface area (Å²) >= 11 is 0. The van der Waals surface area contributed by atoms with Crippen molar-refractivity contribution >= 4 is 5.96 Å². The Morgan fingerprint density at radius 2 is 2.07 bits per heavy atom. The van der Waals surface area contributed by atoms with Crippen LogP contribution in [0.5, 0.6) is 0 Å². The van der Waals surface area contributed by atoms with Crippen molar-refractivity contribution in [3.8, 4) is 0 Å². The Morgan fingerprint density at radius 1 is 1.43 bits per heavy atom. The molecule has 1 rings (SSSR count). The predicted octanol–water partition coefficient (Wildman–Crippen LogP) is 0.603. The van der Waals surface area contributed by atoms with Crippen LogP contribution >= 0.6 is 0 Å². The molecule has 0 aromatic carbocycles. The van der Waals surface area contributed by atoms with Crippen LogP contribution in [-0.2, 0) is 0 Å². The van der Waals surface area contributed by atoms with Crippen molar-refractivity contribution in [2.45, 2.75) is 57.7 Å². The van der Waals surface area contributed by atoms with Gasteiger partial charge in [0.25, 0.3) is 0 Å². The third-order valence-corrected chi connectivity index (χ3v) is 2.44. The van der Waals surface area contributed by atoms with E-state index in [4.69, 9.17) is 5.73 Å². The third-order valence-electron chi connectivity index (χ3n) is 2.44. The first-order chi connectivity index (χ1) is 6.59. The lowest BCUT2D eigenvalue weighted by atomic mass is 9.93. The molecule has 0 bridgehead atoms. The first-order valence-electron chi connectivity index (χ1n) is 5.37. The van der Waals surface area contributed by atoms with E-state index in [1.54, 1.807) is 0 Å². The highest BCUT2D eigenvalue weighted by Crippen LogP contribution is 2.20. The van der Waals surface area contributed by atoms with Crippen LogP contribution in [0, 0.1) is 0 Å². The summed E-state index contributed by atoms with van der Waals surface area (Å²) < 4.78 is 0. The van der Waals surface area contributed by atoms with Gasteiger partial charge in [0.1, 0.15) is 0 Å². The molecule has 0 amide bonds. The molecule has 2 atom stereocenters. The number of hydrogen-bond donors (Lipinski definition) is 3. The second-order valence-corrected chi connectivity index (χ2v) is 4.23. The second-order valence-electron chi connectivity index (χ2n) is 4.23. The van der Waals surface area contributed by atoms with Crippen LogP contribution in [0.15, 0.2) is 4.99 Å². The van der Waals surface area contributed by atoms with E-state index in [-0.39, 0.29) is 12.1 Å². The van der Waals surface area contributed by atoms with E-state index in [0.717, 1.165) is 25.7 Å². The smallest absolute Gasteiger partial charge is 0.189 e. The number of nitrogens with one attached hydrogen (secondary N) is 1. The lowest BCUT2D eigenvalue weighted by molar-refractivity contribution is 0.109. The summed E-state index contributed by atoms with van der Waals surface area (Å²) in [5.41, 5.74) is 5.70. The van der Waals surface area contributed by atoms with Crippen LogP contribution in [0.1, 0.15) is 39.5 Å². The Balaban J connectivity index is 2.46. The molecule has 2 unspecified atom stereocenters. The Morgan fingerprint density at radius 3 is 2.64 bits per heavy atom. The van der Waals surface area contributed by atoms with Gasteiger partial charge in [-0.25, -0.2) is 4.99 Å². The van der Waals surface area contributed by atoms with E-state index in [9.17, 15) is 5.11 Å². The van der Waals surface area contributed by atoms with E-state index < -0.39 is 0 Å². The van der Waals surface area contributed by atoms with Crippen LogP contribution < -0.4 is 11.1 Å². The van der Waals surface area contributed by atoms with Crippen molar-refractivity contribution in [3.05, 3.63) is 0 Å². The number of rotatable bonds is 2. The Labute approximate surface area is 85.6 Å². The van der Waals surface area contributed by atoms with E-state index >= 15 is 0 Å². The molecular formula is C10H21N3O. The standard InChI is InChI=1S/C10H21N3O/c1-7(2)12-10(11)13-8-5-3-4-6-9(8)14/h7-9,14H,3-6H2,1-2H3,(H3,11,12,13). The summed E-state index contributed by atoms with van der Waals surface area (Å²) in [5, 5.41) is 12.7. The number of nitrogens with two attached hydrogens (primary N) is 1. The zero-order chi connectivity index (χ0) is 10.6. The molecule has 0 aromatic heterocycles. The van der Waals surface area contributed by atoms with Gasteiger partial charge in [0, 0.05) is 6.04 Å². The van der Waals surface area contributed by atoms with Gasteiger partial charge in [0.15, 0.2) is 5.96 Å². The number of aliphatic hydroxyl groups excluding tert-OH is 1. The number of hydrogen-bond acceptors (Lipinski definition) is 2. The fourth-order valence-corrected chi connectivity index (χ4v) is 1.75. The highest BCUT2D eigenvalue weighted by Gasteiger charge is 2.22. The minimum absolute atomic E-state index is 0.00463. The SMILES string of the molecule is CC(C)NC(N)=NC1CCCCC1O. The molecule has 1 saturated carbocycles. The first kappa shape index (κ1) is 11.3. The summed E-state index contributed by atoms with van der Waals surface area (Å²) in [7, 11) is 0. The molecular weight excluding hydrogens is 178 g/mol. The first-order valence-corrected chi connectivity index (χ1v) is 5.37. The predicted molar refractivity (Wildman–Crippen MR) is 58.2 cm³/mol. The molecule has 1 fully saturated rings. The number of nitrogens with zero attached hydrogens (tertiary/aromatic N) is 1. The molecule has 4 nitrogen and oxygen atoms in total. The van der Waals surface area contributed by atoms with Crippen LogP contribution in [0.4, 0.5) is 0 Å². The topological polar surface area (TPSA) is 70.6 Å². The normalized spacial score (nSPS) is 29.3. The fraction of sp³-hybridized carbons (Fsp3) is 0.900. The minimum atomic E-state index is -0.309. The molecule has 1 aliphatic carbocycles. The van der Waals surface area contributed by atoms with Crippen molar-refractivity contribution in [1.29, 1.82) is 0 Å². The number of aliphatic hydroxyl groups is 1. The van der Waals surface area contributed by atoms with Gasteiger partial charge in [-0.15, -0.1) is 0 Å². The second kappa shape index (κ2) is 5.20. The molecule has 0 radical (unpaired) electrons. The van der Waals surface area contributed by atoms with Gasteiger partial charge in [-0.1, -0.05) is 12.8 Å². The van der Waals surface area contributed by atoms with Crippen molar-refractivity contribution in [3.63, 3.8) is 0 Å². The van der Waals surface area contributed by atoms with Gasteiger partial charge >= 0.3 is 0 Å². The molecule has 0 saturated heterocycles. The van der Waals surface area contributed by atoms with E-state index in [1.807, 2.05) is 13.8 Å². The van der Waals surface area contributed by atoms with Crippen LogP contribution in [-0.4, -0.2) is 29.3 Å². The highest BCUT2D eigenvalue weighted by molar-refractivity contribution is 5.78. The molecule has 4 heteroatoms. The monoisotopic (exact) mass is 199 g/mol. The maximum absolute atomic E-state index is 9.66. The number of aliphatic imine (C=N–C) groups is 1. The Hall–Kier alpha value is -0.770. The van der Waals surface area contributed by atoms with E-state index in [0.29, 0.717) is 12.0 Å².